The first-order valence-electron chi connectivity index (χ1n) is 4.97. The van der Waals surface area contributed by atoms with E-state index in [2.05, 4.69) is 15.9 Å². The smallest absolute Gasteiger partial charge is 0.130 e. The lowest BCUT2D eigenvalue weighted by molar-refractivity contribution is 0.215. The van der Waals surface area contributed by atoms with Gasteiger partial charge in [-0.25, -0.2) is 4.39 Å². The van der Waals surface area contributed by atoms with Crippen LogP contribution in [-0.4, -0.2) is 5.11 Å². The first kappa shape index (κ1) is 12.6. The molecular weight excluding hydrogens is 306 g/mol. The van der Waals surface area contributed by atoms with Gasteiger partial charge in [0.1, 0.15) is 11.9 Å². The molecular formula is C13H9BrClFO. The summed E-state index contributed by atoms with van der Waals surface area (Å²) in [6.45, 7) is 0. The van der Waals surface area contributed by atoms with Gasteiger partial charge in [0.15, 0.2) is 0 Å². The average Bonchev–Trinajstić information content (AvgIpc) is 2.35. The summed E-state index contributed by atoms with van der Waals surface area (Å²) < 4.78 is 14.3. The Bertz CT molecular complexity index is 530. The fraction of sp³-hybridized carbons (Fsp3) is 0.0769. The molecule has 0 fully saturated rings. The molecule has 0 aliphatic heterocycles. The molecule has 2 aromatic rings. The van der Waals surface area contributed by atoms with Crippen molar-refractivity contribution < 1.29 is 9.50 Å². The molecule has 0 saturated carbocycles. The van der Waals surface area contributed by atoms with Crippen molar-refractivity contribution in [3.05, 3.63) is 68.9 Å². The fourth-order valence-electron chi connectivity index (χ4n) is 1.60. The summed E-state index contributed by atoms with van der Waals surface area (Å²) in [5, 5.41) is 10.3. The lowest BCUT2D eigenvalue weighted by atomic mass is 10.0. The summed E-state index contributed by atoms with van der Waals surface area (Å²) >= 11 is 9.21. The second kappa shape index (κ2) is 5.17. The third-order valence-electron chi connectivity index (χ3n) is 2.47. The zero-order valence-electron chi connectivity index (χ0n) is 8.70. The maximum absolute atomic E-state index is 13.7. The molecule has 0 bridgehead atoms. The number of rotatable bonds is 2. The van der Waals surface area contributed by atoms with Crippen molar-refractivity contribution in [3.63, 3.8) is 0 Å². The zero-order valence-corrected chi connectivity index (χ0v) is 11.0. The number of hydrogen-bond acceptors (Lipinski definition) is 1. The molecule has 2 aromatic carbocycles. The quantitative estimate of drug-likeness (QED) is 0.818. The summed E-state index contributed by atoms with van der Waals surface area (Å²) in [7, 11) is 0. The molecule has 1 nitrogen and oxygen atoms in total. The van der Waals surface area contributed by atoms with Crippen LogP contribution in [0.3, 0.4) is 0 Å². The van der Waals surface area contributed by atoms with Gasteiger partial charge in [0.25, 0.3) is 0 Å². The van der Waals surface area contributed by atoms with Gasteiger partial charge in [0.2, 0.25) is 0 Å². The van der Waals surface area contributed by atoms with Gasteiger partial charge in [-0.05, 0) is 33.6 Å². The van der Waals surface area contributed by atoms with Crippen molar-refractivity contribution in [2.24, 2.45) is 0 Å². The van der Waals surface area contributed by atoms with E-state index in [1.54, 1.807) is 24.3 Å². The van der Waals surface area contributed by atoms with E-state index in [1.807, 2.05) is 6.07 Å². The minimum absolute atomic E-state index is 0.0900. The van der Waals surface area contributed by atoms with Gasteiger partial charge in [-0.2, -0.15) is 0 Å². The van der Waals surface area contributed by atoms with Crippen molar-refractivity contribution in [3.8, 4) is 0 Å². The number of halogens is 3. The lowest BCUT2D eigenvalue weighted by Crippen LogP contribution is -2.03. The minimum Gasteiger partial charge on any atom is -0.383 e. The van der Waals surface area contributed by atoms with Gasteiger partial charge < -0.3 is 5.11 Å². The van der Waals surface area contributed by atoms with E-state index in [0.29, 0.717) is 10.0 Å². The Morgan fingerprint density at radius 2 is 1.76 bits per heavy atom. The second-order valence-electron chi connectivity index (χ2n) is 3.57. The van der Waals surface area contributed by atoms with Gasteiger partial charge in [-0.1, -0.05) is 41.9 Å². The Morgan fingerprint density at radius 3 is 2.41 bits per heavy atom. The Labute approximate surface area is 112 Å². The van der Waals surface area contributed by atoms with E-state index < -0.39 is 11.9 Å². The summed E-state index contributed by atoms with van der Waals surface area (Å²) in [5.41, 5.74) is 0.693. The maximum Gasteiger partial charge on any atom is 0.130 e. The van der Waals surface area contributed by atoms with Crippen molar-refractivity contribution >= 4 is 27.5 Å². The average molecular weight is 316 g/mol. The number of aliphatic hydroxyl groups is 1. The minimum atomic E-state index is -1.07. The van der Waals surface area contributed by atoms with Gasteiger partial charge >= 0.3 is 0 Å². The number of benzene rings is 2. The molecule has 88 valence electrons. The van der Waals surface area contributed by atoms with Crippen LogP contribution in [0.1, 0.15) is 17.2 Å². The highest BCUT2D eigenvalue weighted by Crippen LogP contribution is 2.35. The van der Waals surface area contributed by atoms with Crippen LogP contribution in [0.5, 0.6) is 0 Å². The summed E-state index contributed by atoms with van der Waals surface area (Å²) in [5.74, 6) is -0.519. The highest BCUT2D eigenvalue weighted by molar-refractivity contribution is 9.10. The standard InChI is InChI=1S/C13H9BrClFO/c14-9-6-7-10(16)11(12(9)15)13(17)8-4-2-1-3-5-8/h1-7,13,17H. The van der Waals surface area contributed by atoms with E-state index in [-0.39, 0.29) is 10.6 Å². The highest BCUT2D eigenvalue weighted by Gasteiger charge is 2.19. The van der Waals surface area contributed by atoms with Gasteiger partial charge in [-0.3, -0.25) is 0 Å². The van der Waals surface area contributed by atoms with Crippen LogP contribution in [-0.2, 0) is 0 Å². The molecule has 0 radical (unpaired) electrons. The largest absolute Gasteiger partial charge is 0.383 e. The normalized spacial score (nSPS) is 12.5. The predicted octanol–water partition coefficient (Wildman–Crippen LogP) is 4.32. The zero-order chi connectivity index (χ0) is 12.4. The molecule has 4 heteroatoms. The lowest BCUT2D eigenvalue weighted by Gasteiger charge is -2.14. The monoisotopic (exact) mass is 314 g/mol. The Balaban J connectivity index is 2.51. The summed E-state index contributed by atoms with van der Waals surface area (Å²) in [6.07, 6.45) is -1.07. The van der Waals surface area contributed by atoms with Crippen molar-refractivity contribution in [2.45, 2.75) is 6.10 Å². The Hall–Kier alpha value is -0.900. The molecule has 1 N–H and O–H groups in total. The van der Waals surface area contributed by atoms with Crippen LogP contribution in [0.4, 0.5) is 4.39 Å². The molecule has 1 atom stereocenters. The molecule has 0 spiro atoms. The molecule has 0 amide bonds. The van der Waals surface area contributed by atoms with Crippen LogP contribution in [0.15, 0.2) is 46.9 Å². The van der Waals surface area contributed by atoms with Gasteiger partial charge in [-0.15, -0.1) is 0 Å². The SMILES string of the molecule is OC(c1ccccc1)c1c(F)ccc(Br)c1Cl. The first-order valence-corrected chi connectivity index (χ1v) is 6.14. The van der Waals surface area contributed by atoms with Crippen LogP contribution in [0.2, 0.25) is 5.02 Å². The molecule has 0 aliphatic rings. The first-order chi connectivity index (χ1) is 8.11. The molecule has 1 unspecified atom stereocenters. The second-order valence-corrected chi connectivity index (χ2v) is 4.80. The van der Waals surface area contributed by atoms with Gasteiger partial charge in [0.05, 0.1) is 5.02 Å². The molecule has 0 saturated heterocycles. The summed E-state index contributed by atoms with van der Waals surface area (Å²) in [6, 6.07) is 11.6. The van der Waals surface area contributed by atoms with Crippen molar-refractivity contribution in [1.29, 1.82) is 0 Å². The Kier molecular flexibility index (Phi) is 3.82. The topological polar surface area (TPSA) is 20.2 Å². The number of hydrogen-bond donors (Lipinski definition) is 1. The maximum atomic E-state index is 13.7. The molecule has 0 aliphatic carbocycles. The third kappa shape index (κ3) is 2.51. The van der Waals surface area contributed by atoms with Crippen LogP contribution in [0.25, 0.3) is 0 Å². The van der Waals surface area contributed by atoms with Crippen LogP contribution < -0.4 is 0 Å². The predicted molar refractivity (Wildman–Crippen MR) is 69.6 cm³/mol. The van der Waals surface area contributed by atoms with Crippen LogP contribution in [0, 0.1) is 5.82 Å². The Morgan fingerprint density at radius 1 is 1.12 bits per heavy atom. The van der Waals surface area contributed by atoms with Crippen molar-refractivity contribution in [2.75, 3.05) is 0 Å². The third-order valence-corrected chi connectivity index (χ3v) is 3.76. The van der Waals surface area contributed by atoms with E-state index in [0.717, 1.165) is 0 Å². The van der Waals surface area contributed by atoms with E-state index in [1.165, 1.54) is 12.1 Å². The highest BCUT2D eigenvalue weighted by atomic mass is 79.9. The molecule has 0 aromatic heterocycles. The van der Waals surface area contributed by atoms with E-state index in [9.17, 15) is 9.50 Å². The van der Waals surface area contributed by atoms with Crippen LogP contribution >= 0.6 is 27.5 Å². The fourth-order valence-corrected chi connectivity index (χ4v) is 2.20. The van der Waals surface area contributed by atoms with E-state index >= 15 is 0 Å². The molecule has 17 heavy (non-hydrogen) atoms. The van der Waals surface area contributed by atoms with Gasteiger partial charge in [0, 0.05) is 10.0 Å². The van der Waals surface area contributed by atoms with E-state index in [4.69, 9.17) is 11.6 Å². The summed E-state index contributed by atoms with van der Waals surface area (Å²) in [4.78, 5) is 0. The number of aliphatic hydroxyl groups excluding tert-OH is 1. The molecule has 2 rings (SSSR count). The molecule has 0 heterocycles. The van der Waals surface area contributed by atoms with Crippen molar-refractivity contribution in [1.82, 2.24) is 0 Å².